The van der Waals surface area contributed by atoms with Crippen molar-refractivity contribution in [1.82, 2.24) is 0 Å². The summed E-state index contributed by atoms with van der Waals surface area (Å²) in [6.07, 6.45) is 5.93. The lowest BCUT2D eigenvalue weighted by molar-refractivity contribution is 0.411. The van der Waals surface area contributed by atoms with E-state index in [-0.39, 0.29) is 0 Å². The highest BCUT2D eigenvalue weighted by Gasteiger charge is 2.20. The van der Waals surface area contributed by atoms with E-state index < -0.39 is 10.8 Å². The van der Waals surface area contributed by atoms with Crippen molar-refractivity contribution in [3.63, 3.8) is 0 Å². The smallest absolute Gasteiger partial charge is 0.125 e. The third kappa shape index (κ3) is 3.25. The number of hydrogen-bond acceptors (Lipinski definition) is 3. The van der Waals surface area contributed by atoms with E-state index in [2.05, 4.69) is 0 Å². The van der Waals surface area contributed by atoms with E-state index in [0.717, 1.165) is 24.2 Å². The molecule has 0 heterocycles. The molecule has 1 aliphatic rings. The Labute approximate surface area is 111 Å². The summed E-state index contributed by atoms with van der Waals surface area (Å²) in [6, 6.07) is 5.57. The summed E-state index contributed by atoms with van der Waals surface area (Å²) in [7, 11) is 0.830. The molecule has 3 nitrogen and oxygen atoms in total. The van der Waals surface area contributed by atoms with Gasteiger partial charge in [0, 0.05) is 33.4 Å². The molecule has 0 radical (unpaired) electrons. The van der Waals surface area contributed by atoms with Gasteiger partial charge in [0.1, 0.15) is 5.75 Å². The number of ether oxygens (including phenoxy) is 1. The maximum Gasteiger partial charge on any atom is 0.125 e. The first kappa shape index (κ1) is 13.4. The summed E-state index contributed by atoms with van der Waals surface area (Å²) in [5, 5.41) is 0.362. The van der Waals surface area contributed by atoms with Gasteiger partial charge in [-0.2, -0.15) is 0 Å². The lowest BCUT2D eigenvalue weighted by atomic mass is 10.0. The molecule has 1 aromatic rings. The van der Waals surface area contributed by atoms with E-state index in [1.807, 2.05) is 12.1 Å². The van der Waals surface area contributed by atoms with Crippen molar-refractivity contribution in [3.05, 3.63) is 23.8 Å². The molecule has 0 amide bonds. The SMILES string of the molecule is COc1cc(N)ccc1CS(=O)C1CCCCC1. The fourth-order valence-electron chi connectivity index (χ4n) is 2.48. The molecule has 1 aliphatic carbocycles. The number of benzene rings is 1. The van der Waals surface area contributed by atoms with Crippen molar-refractivity contribution in [2.75, 3.05) is 12.8 Å². The summed E-state index contributed by atoms with van der Waals surface area (Å²) in [5.74, 6) is 1.33. The molecule has 0 aliphatic heterocycles. The predicted molar refractivity (Wildman–Crippen MR) is 76.1 cm³/mol. The van der Waals surface area contributed by atoms with Crippen LogP contribution in [0, 0.1) is 0 Å². The third-order valence-electron chi connectivity index (χ3n) is 3.53. The van der Waals surface area contributed by atoms with Gasteiger partial charge in [-0.15, -0.1) is 0 Å². The van der Waals surface area contributed by atoms with Crippen molar-refractivity contribution >= 4 is 16.5 Å². The highest BCUT2D eigenvalue weighted by atomic mass is 32.2. The molecule has 1 fully saturated rings. The van der Waals surface area contributed by atoms with Gasteiger partial charge in [-0.3, -0.25) is 4.21 Å². The van der Waals surface area contributed by atoms with Gasteiger partial charge in [-0.1, -0.05) is 25.3 Å². The molecule has 0 aromatic heterocycles. The average Bonchev–Trinajstić information content (AvgIpc) is 2.41. The second-order valence-corrected chi connectivity index (χ2v) is 6.57. The predicted octanol–water partition coefficient (Wildman–Crippen LogP) is 2.86. The Morgan fingerprint density at radius 3 is 2.72 bits per heavy atom. The van der Waals surface area contributed by atoms with Crippen LogP contribution in [0.1, 0.15) is 37.7 Å². The van der Waals surface area contributed by atoms with Gasteiger partial charge < -0.3 is 10.5 Å². The highest BCUT2D eigenvalue weighted by molar-refractivity contribution is 7.84. The molecule has 0 saturated heterocycles. The molecule has 100 valence electrons. The molecular weight excluding hydrogens is 246 g/mol. The van der Waals surface area contributed by atoms with Crippen LogP contribution in [-0.4, -0.2) is 16.6 Å². The number of rotatable bonds is 4. The van der Waals surface area contributed by atoms with Crippen LogP contribution in [0.15, 0.2) is 18.2 Å². The van der Waals surface area contributed by atoms with Crippen LogP contribution < -0.4 is 10.5 Å². The zero-order valence-corrected chi connectivity index (χ0v) is 11.7. The highest BCUT2D eigenvalue weighted by Crippen LogP contribution is 2.27. The largest absolute Gasteiger partial charge is 0.496 e. The fourth-order valence-corrected chi connectivity index (χ4v) is 4.12. The second kappa shape index (κ2) is 6.23. The maximum absolute atomic E-state index is 12.3. The topological polar surface area (TPSA) is 52.3 Å². The zero-order valence-electron chi connectivity index (χ0n) is 10.9. The van der Waals surface area contributed by atoms with Crippen molar-refractivity contribution in [3.8, 4) is 5.75 Å². The first-order valence-electron chi connectivity index (χ1n) is 6.50. The number of anilines is 1. The van der Waals surface area contributed by atoms with Crippen LogP contribution in [0.5, 0.6) is 5.75 Å². The van der Waals surface area contributed by atoms with Crippen LogP contribution in [0.25, 0.3) is 0 Å². The van der Waals surface area contributed by atoms with Crippen LogP contribution >= 0.6 is 0 Å². The summed E-state index contributed by atoms with van der Waals surface area (Å²) in [4.78, 5) is 0. The summed E-state index contributed by atoms with van der Waals surface area (Å²) >= 11 is 0. The molecule has 0 bridgehead atoms. The van der Waals surface area contributed by atoms with Crippen molar-refractivity contribution in [2.45, 2.75) is 43.1 Å². The lowest BCUT2D eigenvalue weighted by Gasteiger charge is -2.21. The Bertz CT molecular complexity index is 428. The molecular formula is C14H21NO2S. The fraction of sp³-hybridized carbons (Fsp3) is 0.571. The minimum absolute atomic E-state index is 0.362. The van der Waals surface area contributed by atoms with E-state index >= 15 is 0 Å². The van der Waals surface area contributed by atoms with Gasteiger partial charge in [0.15, 0.2) is 0 Å². The molecule has 1 atom stereocenters. The summed E-state index contributed by atoms with van der Waals surface area (Å²) in [6.45, 7) is 0. The minimum Gasteiger partial charge on any atom is -0.496 e. The lowest BCUT2D eigenvalue weighted by Crippen LogP contribution is -2.20. The molecule has 0 spiro atoms. The van der Waals surface area contributed by atoms with Crippen molar-refractivity contribution < 1.29 is 8.95 Å². The van der Waals surface area contributed by atoms with Crippen molar-refractivity contribution in [1.29, 1.82) is 0 Å². The first-order valence-corrected chi connectivity index (χ1v) is 7.88. The van der Waals surface area contributed by atoms with Gasteiger partial charge in [0.05, 0.1) is 12.9 Å². The van der Waals surface area contributed by atoms with Crippen LogP contribution in [0.4, 0.5) is 5.69 Å². The zero-order chi connectivity index (χ0) is 13.0. The monoisotopic (exact) mass is 267 g/mol. The number of nitrogen functional groups attached to an aromatic ring is 1. The Morgan fingerprint density at radius 1 is 1.33 bits per heavy atom. The number of nitrogens with two attached hydrogens (primary N) is 1. The molecule has 4 heteroatoms. The van der Waals surface area contributed by atoms with E-state index in [4.69, 9.17) is 10.5 Å². The van der Waals surface area contributed by atoms with Gasteiger partial charge in [0.2, 0.25) is 0 Å². The van der Waals surface area contributed by atoms with Crippen LogP contribution in [0.3, 0.4) is 0 Å². The van der Waals surface area contributed by atoms with E-state index in [0.29, 0.717) is 16.7 Å². The summed E-state index contributed by atoms with van der Waals surface area (Å²) < 4.78 is 17.6. The number of hydrogen-bond donors (Lipinski definition) is 1. The van der Waals surface area contributed by atoms with Gasteiger partial charge in [-0.25, -0.2) is 0 Å². The standard InChI is InChI=1S/C14H21NO2S/c1-17-14-9-12(15)8-7-11(14)10-18(16)13-5-3-2-4-6-13/h7-9,13H,2-6,10,15H2,1H3. The third-order valence-corrected chi connectivity index (χ3v) is 5.34. The van der Waals surface area contributed by atoms with Crippen LogP contribution in [-0.2, 0) is 16.6 Å². The quantitative estimate of drug-likeness (QED) is 0.853. The second-order valence-electron chi connectivity index (χ2n) is 4.86. The van der Waals surface area contributed by atoms with Gasteiger partial charge in [0.25, 0.3) is 0 Å². The van der Waals surface area contributed by atoms with Gasteiger partial charge in [-0.05, 0) is 18.9 Å². The minimum atomic E-state index is -0.797. The van der Waals surface area contributed by atoms with E-state index in [1.54, 1.807) is 13.2 Å². The molecule has 2 rings (SSSR count). The number of methoxy groups -OCH3 is 1. The Morgan fingerprint density at radius 2 is 2.06 bits per heavy atom. The van der Waals surface area contributed by atoms with Crippen LogP contribution in [0.2, 0.25) is 0 Å². The van der Waals surface area contributed by atoms with Crippen molar-refractivity contribution in [2.24, 2.45) is 0 Å². The van der Waals surface area contributed by atoms with E-state index in [1.165, 1.54) is 19.3 Å². The average molecular weight is 267 g/mol. The normalized spacial score (nSPS) is 18.5. The summed E-state index contributed by atoms with van der Waals surface area (Å²) in [5.41, 5.74) is 7.40. The van der Waals surface area contributed by atoms with E-state index in [9.17, 15) is 4.21 Å². The first-order chi connectivity index (χ1) is 8.70. The van der Waals surface area contributed by atoms with Gasteiger partial charge >= 0.3 is 0 Å². The Hall–Kier alpha value is -1.03. The Balaban J connectivity index is 2.06. The molecule has 18 heavy (non-hydrogen) atoms. The molecule has 1 unspecified atom stereocenters. The molecule has 1 saturated carbocycles. The molecule has 2 N–H and O–H groups in total. The Kier molecular flexibility index (Phi) is 4.64. The molecule has 1 aromatic carbocycles. The maximum atomic E-state index is 12.3.